The molecule has 0 spiro atoms. The van der Waals surface area contributed by atoms with Gasteiger partial charge < -0.3 is 15.5 Å². The lowest BCUT2D eigenvalue weighted by Gasteiger charge is -2.34. The molecule has 1 heterocycles. The van der Waals surface area contributed by atoms with Gasteiger partial charge >= 0.3 is 0 Å². The number of hydrogen-bond donors (Lipinski definition) is 1. The number of amides is 2. The minimum Gasteiger partial charge on any atom is -0.346 e. The molecule has 1 saturated heterocycles. The van der Waals surface area contributed by atoms with Crippen LogP contribution in [0.3, 0.4) is 0 Å². The highest BCUT2D eigenvalue weighted by molar-refractivity contribution is 5.76. The Morgan fingerprint density at radius 1 is 1.21 bits per heavy atom. The molecule has 0 radical (unpaired) electrons. The van der Waals surface area contributed by atoms with Gasteiger partial charge in [-0.1, -0.05) is 0 Å². The Morgan fingerprint density at radius 3 is 2.37 bits per heavy atom. The first-order valence-corrected chi connectivity index (χ1v) is 6.96. The average molecular weight is 270 g/mol. The summed E-state index contributed by atoms with van der Waals surface area (Å²) in [5, 5.41) is 0. The molecule has 0 atom stereocenters. The van der Waals surface area contributed by atoms with Gasteiger partial charge in [-0.15, -0.1) is 0 Å². The van der Waals surface area contributed by atoms with Gasteiger partial charge in [0.05, 0.1) is 0 Å². The fourth-order valence-electron chi connectivity index (χ4n) is 2.18. The van der Waals surface area contributed by atoms with Crippen molar-refractivity contribution >= 4 is 11.8 Å². The van der Waals surface area contributed by atoms with Crippen molar-refractivity contribution in [2.75, 3.05) is 52.9 Å². The molecular weight excluding hydrogens is 244 g/mol. The molecule has 2 N–H and O–H groups in total. The van der Waals surface area contributed by atoms with Gasteiger partial charge in [0.25, 0.3) is 0 Å². The quantitative estimate of drug-likeness (QED) is 0.696. The molecule has 0 aromatic carbocycles. The van der Waals surface area contributed by atoms with E-state index in [2.05, 4.69) is 4.90 Å². The number of carbonyl (C=O) groups excluding carboxylic acids is 2. The standard InChI is InChI=1S/C13H26N4O2/c1-12(18)17-10-8-16(9-11-17)7-4-13(19)15(2)6-3-5-14/h3-11,14H2,1-2H3. The number of rotatable bonds is 6. The Balaban J connectivity index is 2.19. The molecule has 110 valence electrons. The van der Waals surface area contributed by atoms with E-state index in [0.717, 1.165) is 45.7 Å². The summed E-state index contributed by atoms with van der Waals surface area (Å²) in [5.41, 5.74) is 5.43. The van der Waals surface area contributed by atoms with Crippen molar-refractivity contribution in [3.8, 4) is 0 Å². The Bertz CT molecular complexity index is 301. The minimum atomic E-state index is 0.136. The van der Waals surface area contributed by atoms with Crippen molar-refractivity contribution in [2.45, 2.75) is 19.8 Å². The summed E-state index contributed by atoms with van der Waals surface area (Å²) in [6.07, 6.45) is 1.39. The van der Waals surface area contributed by atoms with Crippen LogP contribution in [0.1, 0.15) is 19.8 Å². The van der Waals surface area contributed by atoms with E-state index in [1.807, 2.05) is 11.9 Å². The van der Waals surface area contributed by atoms with Crippen LogP contribution in [0.15, 0.2) is 0 Å². The summed E-state index contributed by atoms with van der Waals surface area (Å²) in [4.78, 5) is 28.9. The van der Waals surface area contributed by atoms with Gasteiger partial charge in [0.2, 0.25) is 11.8 Å². The van der Waals surface area contributed by atoms with Crippen LogP contribution >= 0.6 is 0 Å². The predicted octanol–water partition coefficient (Wildman–Crippen LogP) is -0.652. The number of piperazine rings is 1. The van der Waals surface area contributed by atoms with Gasteiger partial charge in [0, 0.05) is 59.7 Å². The SMILES string of the molecule is CC(=O)N1CCN(CCC(=O)N(C)CCCN)CC1. The van der Waals surface area contributed by atoms with Crippen LogP contribution in [0.2, 0.25) is 0 Å². The monoisotopic (exact) mass is 270 g/mol. The first-order valence-electron chi connectivity index (χ1n) is 6.96. The minimum absolute atomic E-state index is 0.136. The van der Waals surface area contributed by atoms with Crippen molar-refractivity contribution in [2.24, 2.45) is 5.73 Å². The highest BCUT2D eigenvalue weighted by Crippen LogP contribution is 2.03. The fourth-order valence-corrected chi connectivity index (χ4v) is 2.18. The normalized spacial score (nSPS) is 16.5. The maximum atomic E-state index is 11.9. The van der Waals surface area contributed by atoms with E-state index in [-0.39, 0.29) is 11.8 Å². The molecule has 0 aromatic heterocycles. The summed E-state index contributed by atoms with van der Waals surface area (Å²) < 4.78 is 0. The molecule has 1 aliphatic heterocycles. The van der Waals surface area contributed by atoms with E-state index >= 15 is 0 Å². The molecule has 0 bridgehead atoms. The lowest BCUT2D eigenvalue weighted by molar-refractivity contribution is -0.132. The zero-order valence-electron chi connectivity index (χ0n) is 12.1. The topological polar surface area (TPSA) is 69.9 Å². The second kappa shape index (κ2) is 8.12. The smallest absolute Gasteiger partial charge is 0.223 e. The lowest BCUT2D eigenvalue weighted by atomic mass is 10.2. The van der Waals surface area contributed by atoms with Gasteiger partial charge in [-0.3, -0.25) is 14.5 Å². The molecule has 1 rings (SSSR count). The largest absolute Gasteiger partial charge is 0.346 e. The molecule has 0 aromatic rings. The van der Waals surface area contributed by atoms with Crippen LogP contribution in [0.5, 0.6) is 0 Å². The summed E-state index contributed by atoms with van der Waals surface area (Å²) in [6, 6.07) is 0. The molecule has 1 aliphatic rings. The maximum Gasteiger partial charge on any atom is 0.223 e. The van der Waals surface area contributed by atoms with E-state index < -0.39 is 0 Å². The summed E-state index contributed by atoms with van der Waals surface area (Å²) in [7, 11) is 1.83. The Hall–Kier alpha value is -1.14. The molecule has 0 aliphatic carbocycles. The zero-order chi connectivity index (χ0) is 14.3. The molecule has 2 amide bonds. The van der Waals surface area contributed by atoms with E-state index in [0.29, 0.717) is 13.0 Å². The fraction of sp³-hybridized carbons (Fsp3) is 0.846. The highest BCUT2D eigenvalue weighted by atomic mass is 16.2. The van der Waals surface area contributed by atoms with E-state index in [1.165, 1.54) is 0 Å². The molecule has 6 nitrogen and oxygen atoms in total. The van der Waals surface area contributed by atoms with Gasteiger partial charge in [0.15, 0.2) is 0 Å². The Labute approximate surface area is 115 Å². The second-order valence-corrected chi connectivity index (χ2v) is 5.06. The molecule has 1 fully saturated rings. The summed E-state index contributed by atoms with van der Waals surface area (Å²) >= 11 is 0. The first-order chi connectivity index (χ1) is 9.04. The molecular formula is C13H26N4O2. The van der Waals surface area contributed by atoms with Crippen LogP contribution in [-0.4, -0.2) is 79.4 Å². The highest BCUT2D eigenvalue weighted by Gasteiger charge is 2.19. The second-order valence-electron chi connectivity index (χ2n) is 5.06. The van der Waals surface area contributed by atoms with Gasteiger partial charge in [-0.05, 0) is 13.0 Å². The zero-order valence-corrected chi connectivity index (χ0v) is 12.1. The maximum absolute atomic E-state index is 11.9. The van der Waals surface area contributed by atoms with Crippen molar-refractivity contribution in [3.63, 3.8) is 0 Å². The van der Waals surface area contributed by atoms with Crippen molar-refractivity contribution in [1.29, 1.82) is 0 Å². The van der Waals surface area contributed by atoms with Gasteiger partial charge in [-0.2, -0.15) is 0 Å². The summed E-state index contributed by atoms with van der Waals surface area (Å²) in [6.45, 7) is 6.99. The van der Waals surface area contributed by atoms with E-state index in [9.17, 15) is 9.59 Å². The van der Waals surface area contributed by atoms with Crippen molar-refractivity contribution in [1.82, 2.24) is 14.7 Å². The lowest BCUT2D eigenvalue weighted by Crippen LogP contribution is -2.48. The van der Waals surface area contributed by atoms with E-state index in [4.69, 9.17) is 5.73 Å². The molecule has 0 saturated carbocycles. The van der Waals surface area contributed by atoms with Crippen LogP contribution in [0, 0.1) is 0 Å². The van der Waals surface area contributed by atoms with Crippen molar-refractivity contribution < 1.29 is 9.59 Å². The van der Waals surface area contributed by atoms with Gasteiger partial charge in [-0.25, -0.2) is 0 Å². The first kappa shape index (κ1) is 15.9. The third-order valence-electron chi connectivity index (χ3n) is 3.58. The van der Waals surface area contributed by atoms with E-state index in [1.54, 1.807) is 11.8 Å². The van der Waals surface area contributed by atoms with Crippen LogP contribution in [-0.2, 0) is 9.59 Å². The van der Waals surface area contributed by atoms with Crippen LogP contribution < -0.4 is 5.73 Å². The predicted molar refractivity (Wildman–Crippen MR) is 74.6 cm³/mol. The average Bonchev–Trinajstić information content (AvgIpc) is 2.42. The van der Waals surface area contributed by atoms with Gasteiger partial charge in [0.1, 0.15) is 0 Å². The summed E-state index contributed by atoms with van der Waals surface area (Å²) in [5.74, 6) is 0.305. The molecule has 19 heavy (non-hydrogen) atoms. The number of nitrogens with two attached hydrogens (primary N) is 1. The number of hydrogen-bond acceptors (Lipinski definition) is 4. The third-order valence-corrected chi connectivity index (χ3v) is 3.58. The van der Waals surface area contributed by atoms with Crippen LogP contribution in [0.25, 0.3) is 0 Å². The Morgan fingerprint density at radius 2 is 1.84 bits per heavy atom. The third kappa shape index (κ3) is 5.57. The molecule has 0 unspecified atom stereocenters. The Kier molecular flexibility index (Phi) is 6.80. The van der Waals surface area contributed by atoms with Crippen LogP contribution in [0.4, 0.5) is 0 Å². The molecule has 6 heteroatoms. The number of nitrogens with zero attached hydrogens (tertiary/aromatic N) is 3. The van der Waals surface area contributed by atoms with Crippen molar-refractivity contribution in [3.05, 3.63) is 0 Å². The number of carbonyl (C=O) groups is 2.